The Hall–Kier alpha value is -4.23. The summed E-state index contributed by atoms with van der Waals surface area (Å²) in [5.74, 6) is -1.11. The van der Waals surface area contributed by atoms with Gasteiger partial charge in [0.15, 0.2) is 13.9 Å². The first-order valence-electron chi connectivity index (χ1n) is 14.7. The number of nitro groups is 1. The van der Waals surface area contributed by atoms with Crippen LogP contribution in [0.4, 0.5) is 17.1 Å². The number of aliphatic hydroxyl groups is 1. The second-order valence-corrected chi connectivity index (χ2v) is 16.1. The molecule has 0 saturated carbocycles. The number of anilines is 2. The molecule has 3 heterocycles. The van der Waals surface area contributed by atoms with Gasteiger partial charge in [-0.05, 0) is 43.3 Å². The highest BCUT2D eigenvalue weighted by molar-refractivity contribution is 6.71. The second kappa shape index (κ2) is 11.4. The van der Waals surface area contributed by atoms with Crippen LogP contribution >= 0.6 is 0 Å². The van der Waals surface area contributed by atoms with Gasteiger partial charge in [-0.1, -0.05) is 60.7 Å². The summed E-state index contributed by atoms with van der Waals surface area (Å²) >= 11 is 0. The maximum absolute atomic E-state index is 14.5. The lowest BCUT2D eigenvalue weighted by Crippen LogP contribution is -2.45. The van der Waals surface area contributed by atoms with Crippen LogP contribution in [0, 0.1) is 16.0 Å². The van der Waals surface area contributed by atoms with Gasteiger partial charge in [0, 0.05) is 47.6 Å². The Kier molecular flexibility index (Phi) is 7.70. The van der Waals surface area contributed by atoms with Crippen molar-refractivity contribution in [2.75, 3.05) is 11.5 Å². The zero-order valence-electron chi connectivity index (χ0n) is 24.8. The molecule has 5 atom stereocenters. The minimum atomic E-state index is -2.94. The zero-order valence-corrected chi connectivity index (χ0v) is 25.8. The number of rotatable bonds is 9. The fraction of sp³-hybridized carbons (Fsp3) is 0.344. The van der Waals surface area contributed by atoms with Crippen molar-refractivity contribution in [3.05, 3.63) is 112 Å². The predicted molar refractivity (Wildman–Crippen MR) is 166 cm³/mol. The van der Waals surface area contributed by atoms with Gasteiger partial charge >= 0.3 is 0 Å². The molecule has 44 heavy (non-hydrogen) atoms. The summed E-state index contributed by atoms with van der Waals surface area (Å²) < 4.78 is 8.50. The first-order valence-corrected chi connectivity index (χ1v) is 17.7. The minimum absolute atomic E-state index is 0.119. The van der Waals surface area contributed by atoms with Crippen LogP contribution in [0.2, 0.25) is 18.6 Å². The van der Waals surface area contributed by atoms with Crippen LogP contribution in [0.3, 0.4) is 0 Å². The molecule has 0 aliphatic carbocycles. The zero-order chi connectivity index (χ0) is 31.2. The van der Waals surface area contributed by atoms with Crippen LogP contribution in [0.15, 0.2) is 85.1 Å². The number of carbonyl (C=O) groups excluding carboxylic acids is 1. The Bertz CT molecular complexity index is 1680. The fourth-order valence-electron chi connectivity index (χ4n) is 7.10. The van der Waals surface area contributed by atoms with E-state index in [4.69, 9.17) is 4.74 Å². The molecule has 1 aromatic heterocycles. The Balaban J connectivity index is 1.35. The fourth-order valence-corrected chi connectivity index (χ4v) is 9.71. The van der Waals surface area contributed by atoms with E-state index in [2.05, 4.69) is 10.3 Å². The number of hydrogen-bond acceptors (Lipinski definition) is 8. The van der Waals surface area contributed by atoms with E-state index in [0.29, 0.717) is 35.6 Å². The van der Waals surface area contributed by atoms with Gasteiger partial charge in [-0.15, -0.1) is 5.10 Å². The quantitative estimate of drug-likeness (QED) is 0.155. The molecular formula is C32H35N5O6Si. The molecule has 12 heteroatoms. The van der Waals surface area contributed by atoms with Crippen LogP contribution in [0.1, 0.15) is 36.1 Å². The SMILES string of the molecule is C[C@H]1[C@H]([Si](C)(C)O)[C@@H](CCn2cc(C(CO)c3ccccc3)nn2)O[C@]12C(=O)N(c1ccccc1)c1ccc([N+](=O)[O-])cc12. The third kappa shape index (κ3) is 4.93. The van der Waals surface area contributed by atoms with Crippen LogP contribution in [0.25, 0.3) is 0 Å². The molecule has 4 aromatic rings. The average molecular weight is 614 g/mol. The number of nitro benzene ring substituents is 1. The number of para-hydroxylation sites is 1. The van der Waals surface area contributed by atoms with Crippen molar-refractivity contribution in [1.82, 2.24) is 15.0 Å². The number of aliphatic hydroxyl groups excluding tert-OH is 1. The molecule has 2 aliphatic heterocycles. The first-order chi connectivity index (χ1) is 21.1. The highest BCUT2D eigenvalue weighted by Crippen LogP contribution is 2.61. The van der Waals surface area contributed by atoms with Crippen LogP contribution in [-0.4, -0.2) is 56.8 Å². The molecule has 3 aromatic carbocycles. The van der Waals surface area contributed by atoms with Crippen molar-refractivity contribution in [3.8, 4) is 0 Å². The molecular weight excluding hydrogens is 578 g/mol. The minimum Gasteiger partial charge on any atom is -0.432 e. The van der Waals surface area contributed by atoms with Gasteiger partial charge in [0.1, 0.15) is 0 Å². The highest BCUT2D eigenvalue weighted by Gasteiger charge is 2.66. The van der Waals surface area contributed by atoms with E-state index in [1.54, 1.807) is 21.8 Å². The molecule has 11 nitrogen and oxygen atoms in total. The van der Waals surface area contributed by atoms with Crippen LogP contribution in [0.5, 0.6) is 0 Å². The predicted octanol–water partition coefficient (Wildman–Crippen LogP) is 4.88. The van der Waals surface area contributed by atoms with Crippen molar-refractivity contribution >= 4 is 31.3 Å². The number of non-ortho nitro benzene ring substituents is 1. The molecule has 6 rings (SSSR count). The van der Waals surface area contributed by atoms with Crippen LogP contribution in [-0.2, 0) is 21.7 Å². The first kappa shape index (κ1) is 29.8. The van der Waals surface area contributed by atoms with E-state index in [1.807, 2.05) is 80.7 Å². The number of fused-ring (bicyclic) bond motifs is 2. The Morgan fingerprint density at radius 1 is 1.09 bits per heavy atom. The molecule has 2 aliphatic rings. The normalized spacial score (nSPS) is 23.7. The summed E-state index contributed by atoms with van der Waals surface area (Å²) in [4.78, 5) is 39.0. The van der Waals surface area contributed by atoms with Crippen LogP contribution < -0.4 is 4.90 Å². The number of hydrogen-bond donors (Lipinski definition) is 2. The molecule has 1 unspecified atom stereocenters. The lowest BCUT2D eigenvalue weighted by Gasteiger charge is -2.32. The Morgan fingerprint density at radius 2 is 1.77 bits per heavy atom. The summed E-state index contributed by atoms with van der Waals surface area (Å²) in [5.41, 5.74) is 1.18. The molecule has 1 spiro atoms. The monoisotopic (exact) mass is 613 g/mol. The number of benzene rings is 3. The number of aryl methyl sites for hydroxylation is 1. The average Bonchev–Trinajstić information content (AvgIpc) is 3.66. The number of carbonyl (C=O) groups is 1. The smallest absolute Gasteiger partial charge is 0.269 e. The third-order valence-corrected chi connectivity index (χ3v) is 11.5. The van der Waals surface area contributed by atoms with E-state index in [0.717, 1.165) is 5.56 Å². The van der Waals surface area contributed by atoms with E-state index in [9.17, 15) is 24.8 Å². The van der Waals surface area contributed by atoms with Gasteiger partial charge in [-0.25, -0.2) is 0 Å². The van der Waals surface area contributed by atoms with Gasteiger partial charge < -0.3 is 14.6 Å². The summed E-state index contributed by atoms with van der Waals surface area (Å²) in [7, 11) is -2.94. The molecule has 1 amide bonds. The van der Waals surface area contributed by atoms with Gasteiger partial charge in [0.2, 0.25) is 0 Å². The lowest BCUT2D eigenvalue weighted by atomic mass is 9.82. The van der Waals surface area contributed by atoms with E-state index >= 15 is 0 Å². The molecule has 0 radical (unpaired) electrons. The lowest BCUT2D eigenvalue weighted by molar-refractivity contribution is -0.385. The van der Waals surface area contributed by atoms with E-state index in [1.165, 1.54) is 12.1 Å². The van der Waals surface area contributed by atoms with Crippen molar-refractivity contribution < 1.29 is 24.4 Å². The number of nitrogens with zero attached hydrogens (tertiary/aromatic N) is 5. The van der Waals surface area contributed by atoms with Gasteiger partial charge in [-0.3, -0.25) is 24.5 Å². The van der Waals surface area contributed by atoms with Crippen molar-refractivity contribution in [2.45, 2.75) is 56.1 Å². The summed E-state index contributed by atoms with van der Waals surface area (Å²) in [6.45, 7) is 5.86. The van der Waals surface area contributed by atoms with Crippen molar-refractivity contribution in [2.24, 2.45) is 5.92 Å². The van der Waals surface area contributed by atoms with Gasteiger partial charge in [0.05, 0.1) is 34.9 Å². The molecule has 2 N–H and O–H groups in total. The topological polar surface area (TPSA) is 144 Å². The number of aromatic nitrogens is 3. The molecule has 228 valence electrons. The summed E-state index contributed by atoms with van der Waals surface area (Å²) in [6.07, 6.45) is 1.70. The van der Waals surface area contributed by atoms with Gasteiger partial charge in [0.25, 0.3) is 11.6 Å². The Morgan fingerprint density at radius 3 is 2.41 bits per heavy atom. The highest BCUT2D eigenvalue weighted by atomic mass is 28.4. The summed E-state index contributed by atoms with van der Waals surface area (Å²) in [6, 6.07) is 23.2. The van der Waals surface area contributed by atoms with Crippen molar-refractivity contribution in [3.63, 3.8) is 0 Å². The number of ether oxygens (including phenoxy) is 1. The molecule has 1 saturated heterocycles. The third-order valence-electron chi connectivity index (χ3n) is 9.04. The maximum Gasteiger partial charge on any atom is 0.269 e. The largest absolute Gasteiger partial charge is 0.432 e. The summed E-state index contributed by atoms with van der Waals surface area (Å²) in [5, 5.41) is 30.5. The maximum atomic E-state index is 14.5. The standard InChI is InChI=1S/C32H35N5O6Si/c1-21-30(44(2,3)42)29(16-17-35-19-27(33-34-35)25(20-38)22-10-6-4-7-11-22)43-32(21)26-18-24(37(40)41)14-15-28(26)36(31(32)39)23-12-8-5-9-13-23/h4-15,18-19,21,25,29-30,38,42H,16-17,20H2,1-3H3/t21-,25?,29+,30-,32+/m0/s1. The molecule has 1 fully saturated rings. The van der Waals surface area contributed by atoms with Gasteiger partial charge in [-0.2, -0.15) is 0 Å². The molecule has 0 bridgehead atoms. The number of amides is 1. The van der Waals surface area contributed by atoms with E-state index < -0.39 is 30.9 Å². The second-order valence-electron chi connectivity index (χ2n) is 12.1. The Labute approximate surface area is 256 Å². The van der Waals surface area contributed by atoms with Crippen molar-refractivity contribution in [1.29, 1.82) is 0 Å². The van der Waals surface area contributed by atoms with E-state index in [-0.39, 0.29) is 29.7 Å².